The predicted octanol–water partition coefficient (Wildman–Crippen LogP) is 3.40. The molecule has 0 aliphatic rings. The van der Waals surface area contributed by atoms with Crippen LogP contribution in [0.5, 0.6) is 0 Å². The lowest BCUT2D eigenvalue weighted by Gasteiger charge is -2.24. The number of carbonyl (C=O) groups excluding carboxylic acids is 1. The quantitative estimate of drug-likeness (QED) is 0.373. The molecule has 0 heterocycles. The third-order valence-corrected chi connectivity index (χ3v) is 5.73. The molecule has 0 amide bonds. The number of hydrogen-bond acceptors (Lipinski definition) is 6. The molecule has 10 heteroatoms. The maximum Gasteiger partial charge on any atom is 0.307 e. The molecule has 0 radical (unpaired) electrons. The van der Waals surface area contributed by atoms with Crippen LogP contribution in [-0.4, -0.2) is 32.5 Å². The number of nitrogens with zero attached hydrogens (tertiary/aromatic N) is 2. The molecule has 0 atom stereocenters. The molecule has 27 heavy (non-hydrogen) atoms. The molecule has 8 nitrogen and oxygen atoms in total. The van der Waals surface area contributed by atoms with Crippen LogP contribution in [0.4, 0.5) is 11.4 Å². The summed E-state index contributed by atoms with van der Waals surface area (Å²) in [5, 5.41) is 11.0. The number of ether oxygens (including phenoxy) is 1. The number of halogens is 1. The normalized spacial score (nSPS) is 11.0. The van der Waals surface area contributed by atoms with Crippen molar-refractivity contribution in [2.45, 2.75) is 18.2 Å². The molecule has 0 aromatic heterocycles. The van der Waals surface area contributed by atoms with Crippen molar-refractivity contribution in [1.29, 1.82) is 0 Å². The van der Waals surface area contributed by atoms with Crippen molar-refractivity contribution >= 4 is 39.0 Å². The van der Waals surface area contributed by atoms with Crippen molar-refractivity contribution in [3.05, 3.63) is 63.7 Å². The number of esters is 1. The van der Waals surface area contributed by atoms with Gasteiger partial charge in [-0.05, 0) is 31.2 Å². The van der Waals surface area contributed by atoms with E-state index >= 15 is 0 Å². The molecule has 2 aromatic rings. The Labute approximate surface area is 161 Å². The second kappa shape index (κ2) is 8.83. The van der Waals surface area contributed by atoms with Crippen LogP contribution in [-0.2, 0) is 19.6 Å². The van der Waals surface area contributed by atoms with Crippen LogP contribution in [0.2, 0.25) is 5.02 Å². The van der Waals surface area contributed by atoms with Crippen molar-refractivity contribution in [2.75, 3.05) is 17.5 Å². The molecule has 0 saturated heterocycles. The monoisotopic (exact) mass is 412 g/mol. The average Bonchev–Trinajstić information content (AvgIpc) is 2.63. The van der Waals surface area contributed by atoms with Gasteiger partial charge in [-0.15, -0.1) is 0 Å². The van der Waals surface area contributed by atoms with Gasteiger partial charge in [-0.1, -0.05) is 29.8 Å². The Hall–Kier alpha value is -2.65. The van der Waals surface area contributed by atoms with E-state index in [0.717, 1.165) is 10.4 Å². The molecule has 144 valence electrons. The van der Waals surface area contributed by atoms with E-state index in [2.05, 4.69) is 0 Å². The number of carbonyl (C=O) groups is 1. The Bertz CT molecular complexity index is 934. The smallest absolute Gasteiger partial charge is 0.307 e. The van der Waals surface area contributed by atoms with Gasteiger partial charge >= 0.3 is 5.97 Å². The first kappa shape index (κ1) is 20.7. The van der Waals surface area contributed by atoms with E-state index in [-0.39, 0.29) is 35.2 Å². The van der Waals surface area contributed by atoms with Crippen LogP contribution in [0.3, 0.4) is 0 Å². The number of rotatable bonds is 8. The average molecular weight is 413 g/mol. The summed E-state index contributed by atoms with van der Waals surface area (Å²) >= 11 is 5.81. The highest BCUT2D eigenvalue weighted by Crippen LogP contribution is 2.32. The van der Waals surface area contributed by atoms with Gasteiger partial charge in [0.25, 0.3) is 15.7 Å². The third-order valence-electron chi connectivity index (χ3n) is 3.57. The van der Waals surface area contributed by atoms with Gasteiger partial charge in [-0.25, -0.2) is 8.42 Å². The molecule has 0 spiro atoms. The number of hydrogen-bond donors (Lipinski definition) is 0. The first-order valence-electron chi connectivity index (χ1n) is 7.94. The van der Waals surface area contributed by atoms with Gasteiger partial charge in [0.2, 0.25) is 0 Å². The van der Waals surface area contributed by atoms with E-state index in [1.165, 1.54) is 24.3 Å². The summed E-state index contributed by atoms with van der Waals surface area (Å²) in [7, 11) is -4.06. The molecule has 0 aliphatic heterocycles. The molecule has 0 N–H and O–H groups in total. The SMILES string of the molecule is CCOC(=O)CCN(c1ccc(Cl)c([N+](=O)[O-])c1)S(=O)(=O)c1ccccc1. The summed E-state index contributed by atoms with van der Waals surface area (Å²) in [6.07, 6.45) is -0.212. The topological polar surface area (TPSA) is 107 Å². The van der Waals surface area contributed by atoms with Gasteiger partial charge in [0.05, 0.1) is 28.5 Å². The molecule has 2 aromatic carbocycles. The molecule has 0 unspecified atom stereocenters. The zero-order chi connectivity index (χ0) is 20.0. The van der Waals surface area contributed by atoms with E-state index < -0.39 is 26.6 Å². The summed E-state index contributed by atoms with van der Waals surface area (Å²) in [5.41, 5.74) is -0.405. The minimum atomic E-state index is -4.06. The van der Waals surface area contributed by atoms with Crippen molar-refractivity contribution in [1.82, 2.24) is 0 Å². The van der Waals surface area contributed by atoms with E-state index in [4.69, 9.17) is 16.3 Å². The van der Waals surface area contributed by atoms with Gasteiger partial charge in [-0.2, -0.15) is 0 Å². The number of nitro benzene ring substituents is 1. The Balaban J connectivity index is 2.49. The largest absolute Gasteiger partial charge is 0.466 e. The summed E-state index contributed by atoms with van der Waals surface area (Å²) in [5.74, 6) is -0.575. The predicted molar refractivity (Wildman–Crippen MR) is 100 cm³/mol. The molecule has 0 bridgehead atoms. The number of nitro groups is 1. The maximum absolute atomic E-state index is 13.0. The van der Waals surface area contributed by atoms with Gasteiger partial charge in [0.15, 0.2) is 0 Å². The molecule has 2 rings (SSSR count). The highest BCUT2D eigenvalue weighted by molar-refractivity contribution is 7.92. The second-order valence-corrected chi connectivity index (χ2v) is 7.61. The molecular formula is C17H17ClN2O6S. The number of sulfonamides is 1. The molecule has 0 saturated carbocycles. The Morgan fingerprint density at radius 2 is 1.89 bits per heavy atom. The Kier molecular flexibility index (Phi) is 6.75. The Morgan fingerprint density at radius 1 is 1.22 bits per heavy atom. The number of anilines is 1. The van der Waals surface area contributed by atoms with E-state index in [1.807, 2.05) is 0 Å². The van der Waals surface area contributed by atoms with Crippen molar-refractivity contribution in [3.63, 3.8) is 0 Å². The van der Waals surface area contributed by atoms with Crippen LogP contribution >= 0.6 is 11.6 Å². The summed E-state index contributed by atoms with van der Waals surface area (Å²) in [6, 6.07) is 11.2. The minimum Gasteiger partial charge on any atom is -0.466 e. The minimum absolute atomic E-state index is 0.00791. The van der Waals surface area contributed by atoms with Crippen molar-refractivity contribution in [3.8, 4) is 0 Å². The van der Waals surface area contributed by atoms with Gasteiger partial charge in [-0.3, -0.25) is 19.2 Å². The van der Waals surface area contributed by atoms with Gasteiger partial charge < -0.3 is 4.74 Å². The number of benzene rings is 2. The fourth-order valence-corrected chi connectivity index (χ4v) is 3.99. The lowest BCUT2D eigenvalue weighted by atomic mass is 10.2. The summed E-state index contributed by atoms with van der Waals surface area (Å²) < 4.78 is 31.9. The molecule has 0 aliphatic carbocycles. The highest BCUT2D eigenvalue weighted by Gasteiger charge is 2.27. The first-order valence-corrected chi connectivity index (χ1v) is 9.76. The maximum atomic E-state index is 13.0. The Morgan fingerprint density at radius 3 is 2.48 bits per heavy atom. The molecular weight excluding hydrogens is 396 g/mol. The molecule has 0 fully saturated rings. The van der Waals surface area contributed by atoms with Crippen LogP contribution in [0.15, 0.2) is 53.4 Å². The first-order chi connectivity index (χ1) is 12.8. The van der Waals surface area contributed by atoms with Crippen LogP contribution in [0.25, 0.3) is 0 Å². The van der Waals surface area contributed by atoms with Crippen molar-refractivity contribution < 1.29 is 22.9 Å². The fraction of sp³-hybridized carbons (Fsp3) is 0.235. The highest BCUT2D eigenvalue weighted by atomic mass is 35.5. The zero-order valence-electron chi connectivity index (χ0n) is 14.4. The van der Waals surface area contributed by atoms with E-state index in [9.17, 15) is 23.3 Å². The lowest BCUT2D eigenvalue weighted by Crippen LogP contribution is -2.33. The van der Waals surface area contributed by atoms with E-state index in [1.54, 1.807) is 25.1 Å². The van der Waals surface area contributed by atoms with Gasteiger partial charge in [0, 0.05) is 12.6 Å². The lowest BCUT2D eigenvalue weighted by molar-refractivity contribution is -0.384. The van der Waals surface area contributed by atoms with Crippen LogP contribution < -0.4 is 4.31 Å². The van der Waals surface area contributed by atoms with Crippen LogP contribution in [0.1, 0.15) is 13.3 Å². The fourth-order valence-electron chi connectivity index (χ4n) is 2.33. The van der Waals surface area contributed by atoms with Gasteiger partial charge in [0.1, 0.15) is 5.02 Å². The van der Waals surface area contributed by atoms with Crippen molar-refractivity contribution in [2.24, 2.45) is 0 Å². The standard InChI is InChI=1S/C17H17ClN2O6S/c1-2-26-17(21)10-11-19(27(24,25)14-6-4-3-5-7-14)13-8-9-15(18)16(12-13)20(22)23/h3-9,12H,2,10-11H2,1H3. The second-order valence-electron chi connectivity index (χ2n) is 5.34. The zero-order valence-corrected chi connectivity index (χ0v) is 15.9. The summed E-state index contributed by atoms with van der Waals surface area (Å²) in [6.45, 7) is 1.56. The summed E-state index contributed by atoms with van der Waals surface area (Å²) in [4.78, 5) is 22.1. The van der Waals surface area contributed by atoms with E-state index in [0.29, 0.717) is 0 Å². The van der Waals surface area contributed by atoms with Crippen LogP contribution in [0, 0.1) is 10.1 Å². The third kappa shape index (κ3) is 4.95.